The minimum absolute atomic E-state index is 0.0615. The van der Waals surface area contributed by atoms with Crippen molar-refractivity contribution in [3.63, 3.8) is 0 Å². The number of para-hydroxylation sites is 1. The SMILES string of the molecule is O=C(c1cnn2c1[nH]c(=O)c1ccccc12)N1CCC(N2CCNCC2)C1. The number of amides is 1. The Kier molecular flexibility index (Phi) is 3.95. The molecule has 8 nitrogen and oxygen atoms in total. The zero-order valence-electron chi connectivity index (χ0n) is 15.0. The fourth-order valence-corrected chi connectivity index (χ4v) is 4.28. The summed E-state index contributed by atoms with van der Waals surface area (Å²) in [5, 5.41) is 8.30. The van der Waals surface area contributed by atoms with E-state index in [-0.39, 0.29) is 11.5 Å². The molecule has 2 N–H and O–H groups in total. The van der Waals surface area contributed by atoms with Crippen LogP contribution in [0.25, 0.3) is 16.6 Å². The van der Waals surface area contributed by atoms with Gasteiger partial charge in [-0.3, -0.25) is 14.5 Å². The first kappa shape index (κ1) is 16.5. The van der Waals surface area contributed by atoms with Gasteiger partial charge in [-0.15, -0.1) is 0 Å². The van der Waals surface area contributed by atoms with E-state index in [9.17, 15) is 9.59 Å². The number of piperazine rings is 1. The van der Waals surface area contributed by atoms with Crippen LogP contribution in [0.15, 0.2) is 35.3 Å². The van der Waals surface area contributed by atoms with Crippen LogP contribution in [-0.2, 0) is 0 Å². The van der Waals surface area contributed by atoms with Crippen LogP contribution in [0, 0.1) is 0 Å². The highest BCUT2D eigenvalue weighted by Crippen LogP contribution is 2.21. The number of benzene rings is 1. The number of aromatic nitrogens is 3. The van der Waals surface area contributed by atoms with Gasteiger partial charge in [0.1, 0.15) is 11.2 Å². The van der Waals surface area contributed by atoms with Gasteiger partial charge in [-0.25, -0.2) is 4.52 Å². The number of hydrogen-bond acceptors (Lipinski definition) is 5. The monoisotopic (exact) mass is 366 g/mol. The van der Waals surface area contributed by atoms with Gasteiger partial charge in [0, 0.05) is 45.3 Å². The maximum atomic E-state index is 13.1. The van der Waals surface area contributed by atoms with Gasteiger partial charge in [0.2, 0.25) is 0 Å². The Balaban J connectivity index is 1.45. The molecule has 5 rings (SSSR count). The molecule has 1 atom stereocenters. The van der Waals surface area contributed by atoms with E-state index in [0.29, 0.717) is 28.2 Å². The fraction of sp³-hybridized carbons (Fsp3) is 0.421. The molecular formula is C19H22N6O2. The Morgan fingerprint density at radius 1 is 1.15 bits per heavy atom. The van der Waals surface area contributed by atoms with E-state index >= 15 is 0 Å². The minimum atomic E-state index is -0.201. The van der Waals surface area contributed by atoms with Crippen LogP contribution >= 0.6 is 0 Å². The van der Waals surface area contributed by atoms with Crippen molar-refractivity contribution in [3.8, 4) is 0 Å². The van der Waals surface area contributed by atoms with Crippen molar-refractivity contribution in [3.05, 3.63) is 46.4 Å². The van der Waals surface area contributed by atoms with E-state index in [4.69, 9.17) is 0 Å². The summed E-state index contributed by atoms with van der Waals surface area (Å²) in [5.74, 6) is -0.0615. The van der Waals surface area contributed by atoms with E-state index in [1.165, 1.54) is 0 Å². The number of carbonyl (C=O) groups excluding carboxylic acids is 1. The van der Waals surface area contributed by atoms with E-state index in [1.807, 2.05) is 23.1 Å². The van der Waals surface area contributed by atoms with Gasteiger partial charge in [-0.05, 0) is 18.6 Å². The number of nitrogens with one attached hydrogen (secondary N) is 2. The first-order valence-electron chi connectivity index (χ1n) is 9.45. The first-order chi connectivity index (χ1) is 13.2. The summed E-state index contributed by atoms with van der Waals surface area (Å²) in [4.78, 5) is 32.7. The number of likely N-dealkylation sites (tertiary alicyclic amines) is 1. The van der Waals surface area contributed by atoms with Crippen molar-refractivity contribution in [2.75, 3.05) is 39.3 Å². The largest absolute Gasteiger partial charge is 0.337 e. The maximum Gasteiger partial charge on any atom is 0.259 e. The normalized spacial score (nSPS) is 21.3. The summed E-state index contributed by atoms with van der Waals surface area (Å²) in [6.07, 6.45) is 2.56. The van der Waals surface area contributed by atoms with Crippen molar-refractivity contribution in [1.82, 2.24) is 29.7 Å². The van der Waals surface area contributed by atoms with Gasteiger partial charge in [0.25, 0.3) is 11.5 Å². The summed E-state index contributed by atoms with van der Waals surface area (Å²) in [6.45, 7) is 5.54. The standard InChI is InChI=1S/C19H22N6O2/c26-18-14-3-1-2-4-16(14)25-17(22-18)15(11-21-25)19(27)24-8-5-13(12-24)23-9-6-20-7-10-23/h1-4,11,13,20H,5-10,12H2,(H,22,26). The zero-order chi connectivity index (χ0) is 18.4. The molecule has 0 saturated carbocycles. The first-order valence-corrected chi connectivity index (χ1v) is 9.45. The highest BCUT2D eigenvalue weighted by molar-refractivity contribution is 6.00. The highest BCUT2D eigenvalue weighted by atomic mass is 16.2. The molecule has 0 radical (unpaired) electrons. The number of rotatable bonds is 2. The predicted octanol–water partition coefficient (Wildman–Crippen LogP) is 0.296. The minimum Gasteiger partial charge on any atom is -0.337 e. The third-order valence-electron chi connectivity index (χ3n) is 5.73. The van der Waals surface area contributed by atoms with Crippen LogP contribution in [0.3, 0.4) is 0 Å². The van der Waals surface area contributed by atoms with Crippen molar-refractivity contribution < 1.29 is 4.79 Å². The van der Waals surface area contributed by atoms with Crippen molar-refractivity contribution in [1.29, 1.82) is 0 Å². The molecule has 8 heteroatoms. The molecule has 2 fully saturated rings. The molecule has 1 amide bonds. The second-order valence-electron chi connectivity index (χ2n) is 7.27. The van der Waals surface area contributed by atoms with E-state index < -0.39 is 0 Å². The molecule has 4 heterocycles. The molecule has 0 spiro atoms. The fourth-order valence-electron chi connectivity index (χ4n) is 4.28. The van der Waals surface area contributed by atoms with Gasteiger partial charge in [-0.2, -0.15) is 5.10 Å². The maximum absolute atomic E-state index is 13.1. The molecule has 0 aliphatic carbocycles. The lowest BCUT2D eigenvalue weighted by atomic mass is 10.2. The Labute approximate surface area is 155 Å². The predicted molar refractivity (Wildman–Crippen MR) is 102 cm³/mol. The average molecular weight is 366 g/mol. The van der Waals surface area contributed by atoms with Crippen LogP contribution in [0.2, 0.25) is 0 Å². The summed E-state index contributed by atoms with van der Waals surface area (Å²) < 4.78 is 1.65. The van der Waals surface area contributed by atoms with Gasteiger partial charge in [0.05, 0.1) is 17.1 Å². The number of nitrogens with zero attached hydrogens (tertiary/aromatic N) is 4. The average Bonchev–Trinajstić information content (AvgIpc) is 3.36. The lowest BCUT2D eigenvalue weighted by Crippen LogP contribution is -2.49. The van der Waals surface area contributed by atoms with Crippen LogP contribution in [-0.4, -0.2) is 75.6 Å². The number of aromatic amines is 1. The molecule has 2 aromatic heterocycles. The molecule has 2 aliphatic rings. The Hall–Kier alpha value is -2.71. The quantitative estimate of drug-likeness (QED) is 0.681. The van der Waals surface area contributed by atoms with Crippen LogP contribution in [0.4, 0.5) is 0 Å². The molecule has 140 valence electrons. The summed E-state index contributed by atoms with van der Waals surface area (Å²) in [7, 11) is 0. The molecule has 3 aromatic rings. The zero-order valence-corrected chi connectivity index (χ0v) is 15.0. The van der Waals surface area contributed by atoms with E-state index in [0.717, 1.165) is 45.7 Å². The molecule has 2 saturated heterocycles. The Morgan fingerprint density at radius 3 is 2.81 bits per heavy atom. The number of carbonyl (C=O) groups is 1. The second-order valence-corrected chi connectivity index (χ2v) is 7.27. The third kappa shape index (κ3) is 2.72. The van der Waals surface area contributed by atoms with E-state index in [1.54, 1.807) is 16.8 Å². The molecule has 27 heavy (non-hydrogen) atoms. The van der Waals surface area contributed by atoms with Gasteiger partial charge < -0.3 is 15.2 Å². The topological polar surface area (TPSA) is 85.7 Å². The van der Waals surface area contributed by atoms with Crippen LogP contribution in [0.1, 0.15) is 16.8 Å². The second kappa shape index (κ2) is 6.47. The number of fused-ring (bicyclic) bond motifs is 3. The summed E-state index contributed by atoms with van der Waals surface area (Å²) in [5.41, 5.74) is 1.43. The molecular weight excluding hydrogens is 344 g/mol. The molecule has 1 unspecified atom stereocenters. The van der Waals surface area contributed by atoms with Gasteiger partial charge in [-0.1, -0.05) is 12.1 Å². The van der Waals surface area contributed by atoms with Crippen molar-refractivity contribution in [2.45, 2.75) is 12.5 Å². The van der Waals surface area contributed by atoms with Gasteiger partial charge in [0.15, 0.2) is 0 Å². The summed E-state index contributed by atoms with van der Waals surface area (Å²) in [6, 6.07) is 7.70. The molecule has 2 aliphatic heterocycles. The lowest BCUT2D eigenvalue weighted by molar-refractivity contribution is 0.0775. The third-order valence-corrected chi connectivity index (χ3v) is 5.73. The highest BCUT2D eigenvalue weighted by Gasteiger charge is 2.32. The van der Waals surface area contributed by atoms with E-state index in [2.05, 4.69) is 20.3 Å². The van der Waals surface area contributed by atoms with Crippen molar-refractivity contribution in [2.24, 2.45) is 0 Å². The number of H-pyrrole nitrogens is 1. The lowest BCUT2D eigenvalue weighted by Gasteiger charge is -2.32. The Bertz CT molecular complexity index is 1060. The number of hydrogen-bond donors (Lipinski definition) is 2. The van der Waals surface area contributed by atoms with Crippen LogP contribution in [0.5, 0.6) is 0 Å². The summed E-state index contributed by atoms with van der Waals surface area (Å²) >= 11 is 0. The van der Waals surface area contributed by atoms with Crippen LogP contribution < -0.4 is 10.9 Å². The smallest absolute Gasteiger partial charge is 0.259 e. The Morgan fingerprint density at radius 2 is 1.96 bits per heavy atom. The van der Waals surface area contributed by atoms with Crippen molar-refractivity contribution >= 4 is 22.5 Å². The molecule has 0 bridgehead atoms. The van der Waals surface area contributed by atoms with Gasteiger partial charge >= 0.3 is 0 Å². The molecule has 1 aromatic carbocycles.